The number of methoxy groups -OCH3 is 1. The number of rotatable bonds is 2. The number of likely N-dealkylation sites (tertiary alicyclic amines) is 1. The third kappa shape index (κ3) is 2.38. The number of amides is 1. The maximum Gasteiger partial charge on any atom is 0.265 e. The molecular weight excluding hydrogens is 319 g/mol. The van der Waals surface area contributed by atoms with Gasteiger partial charge in [0.2, 0.25) is 0 Å². The van der Waals surface area contributed by atoms with Gasteiger partial charge in [0.15, 0.2) is 11.6 Å². The molecule has 0 aromatic heterocycles. The first-order valence-corrected chi connectivity index (χ1v) is 8.33. The van der Waals surface area contributed by atoms with Gasteiger partial charge in [-0.2, -0.15) is 0 Å². The van der Waals surface area contributed by atoms with Crippen molar-refractivity contribution in [2.45, 2.75) is 12.8 Å². The highest BCUT2D eigenvalue weighted by Gasteiger charge is 2.37. The van der Waals surface area contributed by atoms with Crippen molar-refractivity contribution in [2.75, 3.05) is 25.6 Å². The van der Waals surface area contributed by atoms with E-state index in [1.165, 1.54) is 13.2 Å². The van der Waals surface area contributed by atoms with Crippen molar-refractivity contribution in [3.63, 3.8) is 0 Å². The monoisotopic (exact) mass is 338 g/mol. The minimum absolute atomic E-state index is 0.102. The largest absolute Gasteiger partial charge is 0.494 e. The van der Waals surface area contributed by atoms with E-state index < -0.39 is 5.82 Å². The molecule has 0 bridgehead atoms. The van der Waals surface area contributed by atoms with Gasteiger partial charge in [0.1, 0.15) is 0 Å². The molecule has 0 saturated carbocycles. The summed E-state index contributed by atoms with van der Waals surface area (Å²) < 4.78 is 19.2. The van der Waals surface area contributed by atoms with E-state index in [2.05, 4.69) is 4.90 Å². The summed E-state index contributed by atoms with van der Waals surface area (Å²) in [5, 5.41) is 0. The molecule has 1 saturated heterocycles. The molecule has 128 valence electrons. The highest BCUT2D eigenvalue weighted by molar-refractivity contribution is 6.35. The van der Waals surface area contributed by atoms with Gasteiger partial charge >= 0.3 is 0 Å². The molecular formula is C20H19FN2O2. The normalized spacial score (nSPS) is 19.6. The second-order valence-electron chi connectivity index (χ2n) is 6.32. The predicted octanol–water partition coefficient (Wildman–Crippen LogP) is 3.95. The van der Waals surface area contributed by atoms with Gasteiger partial charge in [0.25, 0.3) is 5.91 Å². The van der Waals surface area contributed by atoms with Gasteiger partial charge in [-0.3, -0.25) is 9.69 Å². The summed E-state index contributed by atoms with van der Waals surface area (Å²) in [6, 6.07) is 12.3. The molecule has 0 radical (unpaired) electrons. The van der Waals surface area contributed by atoms with Crippen LogP contribution in [-0.2, 0) is 4.79 Å². The lowest BCUT2D eigenvalue weighted by Gasteiger charge is -2.19. The molecule has 0 unspecified atom stereocenters. The number of hydrogen-bond acceptors (Lipinski definition) is 3. The minimum atomic E-state index is -0.482. The summed E-state index contributed by atoms with van der Waals surface area (Å²) in [4.78, 5) is 17.0. The fourth-order valence-electron chi connectivity index (χ4n) is 3.67. The Labute approximate surface area is 146 Å². The molecule has 25 heavy (non-hydrogen) atoms. The number of ether oxygens (including phenoxy) is 1. The van der Waals surface area contributed by atoms with Gasteiger partial charge < -0.3 is 9.64 Å². The van der Waals surface area contributed by atoms with Crippen molar-refractivity contribution < 1.29 is 13.9 Å². The Morgan fingerprint density at radius 1 is 1.16 bits per heavy atom. The molecule has 1 amide bonds. The van der Waals surface area contributed by atoms with Crippen LogP contribution in [0.25, 0.3) is 5.57 Å². The molecule has 4 rings (SSSR count). The average molecular weight is 338 g/mol. The molecule has 1 fully saturated rings. The molecule has 2 aliphatic heterocycles. The van der Waals surface area contributed by atoms with Crippen molar-refractivity contribution in [3.05, 3.63) is 59.5 Å². The molecule has 0 atom stereocenters. The molecule has 0 spiro atoms. The number of para-hydroxylation sites is 1. The maximum absolute atomic E-state index is 14.2. The van der Waals surface area contributed by atoms with Crippen molar-refractivity contribution in [2.24, 2.45) is 0 Å². The minimum Gasteiger partial charge on any atom is -0.494 e. The molecule has 4 nitrogen and oxygen atoms in total. The molecule has 2 aromatic carbocycles. The van der Waals surface area contributed by atoms with Gasteiger partial charge in [-0.05, 0) is 31.0 Å². The van der Waals surface area contributed by atoms with Crippen LogP contribution in [0, 0.1) is 5.82 Å². The standard InChI is InChI=1S/C20H19FN2O2/c1-22-11-5-8-17(22)19-14-6-3-4-7-16(14)23(20(19)24)13-9-10-18(25-2)15(21)12-13/h3-4,6-7,9-10,12H,5,8,11H2,1-2H3. The summed E-state index contributed by atoms with van der Waals surface area (Å²) in [7, 11) is 3.44. The number of anilines is 2. The topological polar surface area (TPSA) is 32.8 Å². The Morgan fingerprint density at radius 2 is 1.96 bits per heavy atom. The van der Waals surface area contributed by atoms with E-state index in [0.717, 1.165) is 41.9 Å². The lowest BCUT2D eigenvalue weighted by atomic mass is 10.0. The first-order chi connectivity index (χ1) is 12.1. The third-order valence-corrected chi connectivity index (χ3v) is 4.88. The van der Waals surface area contributed by atoms with Crippen LogP contribution < -0.4 is 9.64 Å². The van der Waals surface area contributed by atoms with Gasteiger partial charge in [0.05, 0.1) is 24.1 Å². The van der Waals surface area contributed by atoms with Gasteiger partial charge in [0, 0.05) is 30.9 Å². The summed E-state index contributed by atoms with van der Waals surface area (Å²) in [5.74, 6) is -0.420. The molecule has 2 aliphatic rings. The van der Waals surface area contributed by atoms with E-state index in [1.807, 2.05) is 31.3 Å². The zero-order valence-corrected chi connectivity index (χ0v) is 14.3. The molecule has 2 heterocycles. The molecule has 2 aromatic rings. The van der Waals surface area contributed by atoms with E-state index in [1.54, 1.807) is 17.0 Å². The number of carbonyl (C=O) groups is 1. The zero-order chi connectivity index (χ0) is 17.6. The highest BCUT2D eigenvalue weighted by Crippen LogP contribution is 2.45. The van der Waals surface area contributed by atoms with Crippen LogP contribution in [0.3, 0.4) is 0 Å². The molecule has 0 N–H and O–H groups in total. The Kier molecular flexibility index (Phi) is 3.71. The second-order valence-corrected chi connectivity index (χ2v) is 6.32. The van der Waals surface area contributed by atoms with Gasteiger partial charge in [-0.1, -0.05) is 18.2 Å². The lowest BCUT2D eigenvalue weighted by molar-refractivity contribution is -0.112. The summed E-state index contributed by atoms with van der Waals surface area (Å²) >= 11 is 0. The smallest absolute Gasteiger partial charge is 0.265 e. The highest BCUT2D eigenvalue weighted by atomic mass is 19.1. The van der Waals surface area contributed by atoms with E-state index >= 15 is 0 Å². The fourth-order valence-corrected chi connectivity index (χ4v) is 3.67. The number of halogens is 1. The van der Waals surface area contributed by atoms with Gasteiger partial charge in [-0.15, -0.1) is 0 Å². The van der Waals surface area contributed by atoms with Crippen molar-refractivity contribution >= 4 is 22.9 Å². The number of fused-ring (bicyclic) bond motifs is 1. The average Bonchev–Trinajstić information content (AvgIpc) is 3.14. The number of benzene rings is 2. The van der Waals surface area contributed by atoms with E-state index in [9.17, 15) is 9.18 Å². The number of nitrogens with zero attached hydrogens (tertiary/aromatic N) is 2. The van der Waals surface area contributed by atoms with E-state index in [4.69, 9.17) is 4.74 Å². The first kappa shape index (κ1) is 15.7. The first-order valence-electron chi connectivity index (χ1n) is 8.33. The number of hydrogen-bond donors (Lipinski definition) is 0. The van der Waals surface area contributed by atoms with Crippen LogP contribution in [-0.4, -0.2) is 31.5 Å². The maximum atomic E-state index is 14.2. The Morgan fingerprint density at radius 3 is 2.64 bits per heavy atom. The van der Waals surface area contributed by atoms with Crippen LogP contribution in [0.5, 0.6) is 5.75 Å². The van der Waals surface area contributed by atoms with Crippen LogP contribution in [0.4, 0.5) is 15.8 Å². The van der Waals surface area contributed by atoms with Crippen LogP contribution in [0.15, 0.2) is 48.2 Å². The van der Waals surface area contributed by atoms with Crippen molar-refractivity contribution in [1.29, 1.82) is 0 Å². The predicted molar refractivity (Wildman–Crippen MR) is 95.3 cm³/mol. The Bertz CT molecular complexity index is 891. The van der Waals surface area contributed by atoms with Crippen molar-refractivity contribution in [3.8, 4) is 5.75 Å². The summed E-state index contributed by atoms with van der Waals surface area (Å²) in [5.41, 5.74) is 4.00. The fraction of sp³-hybridized carbons (Fsp3) is 0.250. The van der Waals surface area contributed by atoms with Crippen LogP contribution in [0.2, 0.25) is 0 Å². The number of carbonyl (C=O) groups excluding carboxylic acids is 1. The van der Waals surface area contributed by atoms with E-state index in [0.29, 0.717) is 5.69 Å². The Hall–Kier alpha value is -2.82. The van der Waals surface area contributed by atoms with E-state index in [-0.39, 0.29) is 11.7 Å². The zero-order valence-electron chi connectivity index (χ0n) is 14.3. The third-order valence-electron chi connectivity index (χ3n) is 4.88. The SMILES string of the molecule is COc1ccc(N2C(=O)C(=C3CCCN3C)c3ccccc32)cc1F. The lowest BCUT2D eigenvalue weighted by Crippen LogP contribution is -2.22. The molecule has 5 heteroatoms. The molecule has 0 aliphatic carbocycles. The Balaban J connectivity index is 1.88. The van der Waals surface area contributed by atoms with Crippen LogP contribution in [0.1, 0.15) is 18.4 Å². The summed E-state index contributed by atoms with van der Waals surface area (Å²) in [6.07, 6.45) is 1.93. The number of allylic oxidation sites excluding steroid dienone is 1. The van der Waals surface area contributed by atoms with Crippen LogP contribution >= 0.6 is 0 Å². The summed E-state index contributed by atoms with van der Waals surface area (Å²) in [6.45, 7) is 0.950. The van der Waals surface area contributed by atoms with Gasteiger partial charge in [-0.25, -0.2) is 4.39 Å². The quantitative estimate of drug-likeness (QED) is 0.777. The second kappa shape index (κ2) is 5.92. The van der Waals surface area contributed by atoms with Crippen molar-refractivity contribution in [1.82, 2.24) is 4.90 Å².